The second-order valence-electron chi connectivity index (χ2n) is 8.27. The molecule has 1 aromatic heterocycles. The summed E-state index contributed by atoms with van der Waals surface area (Å²) in [6.07, 6.45) is 1.76. The lowest BCUT2D eigenvalue weighted by Gasteiger charge is -2.29. The number of nitrogens with zero attached hydrogens (tertiary/aromatic N) is 2. The summed E-state index contributed by atoms with van der Waals surface area (Å²) in [4.78, 5) is 31.2. The van der Waals surface area contributed by atoms with Gasteiger partial charge in [0.15, 0.2) is 0 Å². The van der Waals surface area contributed by atoms with Crippen molar-refractivity contribution in [1.82, 2.24) is 9.80 Å². The topological polar surface area (TPSA) is 61.9 Å². The number of carbonyl (C=O) groups excluding carboxylic acids is 2. The number of anilines is 1. The van der Waals surface area contributed by atoms with Crippen LogP contribution in [0, 0.1) is 0 Å². The maximum Gasteiger partial charge on any atom is 0.322 e. The van der Waals surface area contributed by atoms with E-state index in [1.807, 2.05) is 47.8 Å². The number of rotatable bonds is 9. The summed E-state index contributed by atoms with van der Waals surface area (Å²) < 4.78 is 5.76. The molecule has 178 valence electrons. The second kappa shape index (κ2) is 12.0. The van der Waals surface area contributed by atoms with Crippen LogP contribution in [0.4, 0.5) is 10.5 Å². The van der Waals surface area contributed by atoms with E-state index in [1.54, 1.807) is 45.4 Å². The third-order valence-electron chi connectivity index (χ3n) is 5.63. The summed E-state index contributed by atoms with van der Waals surface area (Å²) in [6, 6.07) is 20.5. The highest BCUT2D eigenvalue weighted by Gasteiger charge is 2.27. The minimum Gasteiger partial charge on any atom is -0.376 e. The number of urea groups is 1. The van der Waals surface area contributed by atoms with Crippen LogP contribution in [0.3, 0.4) is 0 Å². The maximum absolute atomic E-state index is 13.5. The molecule has 0 saturated carbocycles. The summed E-state index contributed by atoms with van der Waals surface area (Å²) >= 11 is 7.69. The molecule has 0 spiro atoms. The Kier molecular flexibility index (Phi) is 8.57. The largest absolute Gasteiger partial charge is 0.376 e. The molecule has 1 fully saturated rings. The summed E-state index contributed by atoms with van der Waals surface area (Å²) in [5.41, 5.74) is 1.63. The predicted molar refractivity (Wildman–Crippen MR) is 136 cm³/mol. The first-order valence-electron chi connectivity index (χ1n) is 11.3. The molecular weight excluding hydrogens is 470 g/mol. The van der Waals surface area contributed by atoms with Gasteiger partial charge < -0.3 is 19.9 Å². The first kappa shape index (κ1) is 24.3. The Labute approximate surface area is 209 Å². The lowest BCUT2D eigenvalue weighted by molar-refractivity contribution is -0.133. The zero-order valence-electron chi connectivity index (χ0n) is 18.9. The van der Waals surface area contributed by atoms with Gasteiger partial charge in [0, 0.05) is 35.3 Å². The highest BCUT2D eigenvalue weighted by molar-refractivity contribution is 7.09. The van der Waals surface area contributed by atoms with Crippen molar-refractivity contribution in [3.63, 3.8) is 0 Å². The van der Waals surface area contributed by atoms with Crippen LogP contribution < -0.4 is 5.32 Å². The van der Waals surface area contributed by atoms with Crippen molar-refractivity contribution in [2.24, 2.45) is 0 Å². The number of benzene rings is 2. The molecule has 1 aliphatic rings. The van der Waals surface area contributed by atoms with Crippen LogP contribution >= 0.6 is 22.9 Å². The minimum absolute atomic E-state index is 0.0372. The van der Waals surface area contributed by atoms with E-state index in [0.29, 0.717) is 37.0 Å². The average Bonchev–Trinajstić information content (AvgIpc) is 3.53. The SMILES string of the molecule is O=C(CN(CC1CCCO1)C(=O)Nc1cccc(Cl)c1)N(Cc1ccccc1)Cc1cccs1. The van der Waals surface area contributed by atoms with E-state index in [4.69, 9.17) is 16.3 Å². The van der Waals surface area contributed by atoms with E-state index < -0.39 is 0 Å². The fraction of sp³-hybridized carbons (Fsp3) is 0.308. The van der Waals surface area contributed by atoms with Gasteiger partial charge in [0.25, 0.3) is 0 Å². The average molecular weight is 498 g/mol. The minimum atomic E-state index is -0.345. The highest BCUT2D eigenvalue weighted by Crippen LogP contribution is 2.19. The van der Waals surface area contributed by atoms with E-state index >= 15 is 0 Å². The van der Waals surface area contributed by atoms with Crippen molar-refractivity contribution in [3.8, 4) is 0 Å². The van der Waals surface area contributed by atoms with Gasteiger partial charge >= 0.3 is 6.03 Å². The Morgan fingerprint density at radius 3 is 2.59 bits per heavy atom. The molecular formula is C26H28ClN3O3S. The summed E-state index contributed by atoms with van der Waals surface area (Å²) in [7, 11) is 0. The highest BCUT2D eigenvalue weighted by atomic mass is 35.5. The summed E-state index contributed by atoms with van der Waals surface area (Å²) in [5, 5.41) is 5.41. The van der Waals surface area contributed by atoms with Gasteiger partial charge in [-0.3, -0.25) is 4.79 Å². The first-order valence-corrected chi connectivity index (χ1v) is 12.6. The molecule has 8 heteroatoms. The second-order valence-corrected chi connectivity index (χ2v) is 9.74. The van der Waals surface area contributed by atoms with Crippen molar-refractivity contribution in [2.45, 2.75) is 32.0 Å². The number of hydrogen-bond donors (Lipinski definition) is 1. The number of hydrogen-bond acceptors (Lipinski definition) is 4. The molecule has 2 aromatic carbocycles. The number of thiophene rings is 1. The molecule has 3 amide bonds. The third-order valence-corrected chi connectivity index (χ3v) is 6.73. The van der Waals surface area contributed by atoms with E-state index in [-0.39, 0.29) is 24.6 Å². The molecule has 2 heterocycles. The number of amides is 3. The van der Waals surface area contributed by atoms with Crippen LogP contribution in [0.1, 0.15) is 23.3 Å². The summed E-state index contributed by atoms with van der Waals surface area (Å²) in [6.45, 7) is 1.97. The van der Waals surface area contributed by atoms with Gasteiger partial charge in [0.1, 0.15) is 6.54 Å². The molecule has 0 radical (unpaired) electrons. The molecule has 3 aromatic rings. The monoisotopic (exact) mass is 497 g/mol. The number of carbonyl (C=O) groups is 2. The zero-order chi connectivity index (χ0) is 23.8. The van der Waals surface area contributed by atoms with E-state index in [2.05, 4.69) is 5.32 Å². The quantitative estimate of drug-likeness (QED) is 0.416. The van der Waals surface area contributed by atoms with E-state index in [9.17, 15) is 9.59 Å². The first-order chi connectivity index (χ1) is 16.6. The van der Waals surface area contributed by atoms with Crippen LogP contribution in [-0.4, -0.2) is 47.5 Å². The number of nitrogens with one attached hydrogen (secondary N) is 1. The Hall–Kier alpha value is -2.87. The summed E-state index contributed by atoms with van der Waals surface area (Å²) in [5.74, 6) is -0.114. The van der Waals surface area contributed by atoms with Crippen molar-refractivity contribution in [1.29, 1.82) is 0 Å². The smallest absolute Gasteiger partial charge is 0.322 e. The Morgan fingerprint density at radius 2 is 1.88 bits per heavy atom. The molecule has 1 unspecified atom stereocenters. The van der Waals surface area contributed by atoms with Crippen LogP contribution in [0.25, 0.3) is 0 Å². The van der Waals surface area contributed by atoms with Gasteiger partial charge in [0.2, 0.25) is 5.91 Å². The molecule has 1 N–H and O–H groups in total. The van der Waals surface area contributed by atoms with Gasteiger partial charge in [-0.25, -0.2) is 4.79 Å². The molecule has 34 heavy (non-hydrogen) atoms. The van der Waals surface area contributed by atoms with Crippen LogP contribution in [0.15, 0.2) is 72.1 Å². The van der Waals surface area contributed by atoms with Crippen molar-refractivity contribution >= 4 is 40.6 Å². The molecule has 1 saturated heterocycles. The lowest BCUT2D eigenvalue weighted by atomic mass is 10.2. The standard InChI is InChI=1S/C26H28ClN3O3S/c27-21-9-4-10-22(15-21)28-26(32)30(17-23-11-5-13-33-23)19-25(31)29(18-24-12-6-14-34-24)16-20-7-2-1-3-8-20/h1-4,6-10,12,14-15,23H,5,11,13,16-19H2,(H,28,32). The molecule has 0 bridgehead atoms. The normalized spacial score (nSPS) is 15.1. The van der Waals surface area contributed by atoms with Gasteiger partial charge in [-0.1, -0.05) is 54.1 Å². The van der Waals surface area contributed by atoms with Gasteiger partial charge in [0.05, 0.1) is 12.6 Å². The Bertz CT molecular complexity index is 1070. The van der Waals surface area contributed by atoms with Crippen molar-refractivity contribution in [3.05, 3.63) is 87.6 Å². The van der Waals surface area contributed by atoms with Crippen LogP contribution in [-0.2, 0) is 22.6 Å². The van der Waals surface area contributed by atoms with Gasteiger partial charge in [-0.05, 0) is 48.1 Å². The molecule has 1 aliphatic heterocycles. The van der Waals surface area contributed by atoms with Gasteiger partial charge in [-0.2, -0.15) is 0 Å². The number of halogens is 1. The fourth-order valence-electron chi connectivity index (χ4n) is 3.91. The van der Waals surface area contributed by atoms with E-state index in [0.717, 1.165) is 23.3 Å². The molecule has 1 atom stereocenters. The van der Waals surface area contributed by atoms with Crippen molar-refractivity contribution < 1.29 is 14.3 Å². The van der Waals surface area contributed by atoms with Crippen molar-refractivity contribution in [2.75, 3.05) is 25.0 Å². The van der Waals surface area contributed by atoms with Crippen LogP contribution in [0.5, 0.6) is 0 Å². The predicted octanol–water partition coefficient (Wildman–Crippen LogP) is 5.64. The van der Waals surface area contributed by atoms with Gasteiger partial charge in [-0.15, -0.1) is 11.3 Å². The van der Waals surface area contributed by atoms with Crippen LogP contribution in [0.2, 0.25) is 5.02 Å². The Morgan fingerprint density at radius 1 is 1.03 bits per heavy atom. The zero-order valence-corrected chi connectivity index (χ0v) is 20.4. The number of ether oxygens (including phenoxy) is 1. The molecule has 0 aliphatic carbocycles. The molecule has 6 nitrogen and oxygen atoms in total. The third kappa shape index (κ3) is 7.06. The van der Waals surface area contributed by atoms with E-state index in [1.165, 1.54) is 0 Å². The fourth-order valence-corrected chi connectivity index (χ4v) is 4.82. The Balaban J connectivity index is 1.50. The molecule has 4 rings (SSSR count). The lowest BCUT2D eigenvalue weighted by Crippen LogP contribution is -2.46. The maximum atomic E-state index is 13.5.